The quantitative estimate of drug-likeness (QED) is 0.706. The van der Waals surface area contributed by atoms with E-state index in [1.807, 2.05) is 37.3 Å². The Morgan fingerprint density at radius 3 is 2.03 bits per heavy atom. The van der Waals surface area contributed by atoms with E-state index >= 15 is 0 Å². The van der Waals surface area contributed by atoms with E-state index in [1.54, 1.807) is 12.1 Å². The Labute approximate surface area is 179 Å². The molecule has 3 rings (SSSR count). The van der Waals surface area contributed by atoms with Gasteiger partial charge in [0.05, 0.1) is 10.4 Å². The van der Waals surface area contributed by atoms with Crippen LogP contribution in [0.1, 0.15) is 44.6 Å². The third kappa shape index (κ3) is 4.09. The van der Waals surface area contributed by atoms with Crippen molar-refractivity contribution in [1.82, 2.24) is 4.31 Å². The first-order valence-corrected chi connectivity index (χ1v) is 11.7. The molecule has 0 aromatic heterocycles. The highest BCUT2D eigenvalue weighted by Gasteiger charge is 2.45. The zero-order valence-corrected chi connectivity index (χ0v) is 18.6. The standard InChI is InChI=1S/C23H30N2O4S/c1-23(18-10-6-4-7-11-18,19-12-8-5-9-13-19)25(22(26)27)20-14-16-21(17-15-20)30(28,29)24(2)3/h4,6-7,10-11,14-17,19H,5,8-9,12-13H2,1-3H3,(H,26,27). The van der Waals surface area contributed by atoms with Crippen molar-refractivity contribution >= 4 is 21.8 Å². The summed E-state index contributed by atoms with van der Waals surface area (Å²) in [6.45, 7) is 2.00. The fourth-order valence-electron chi connectivity index (χ4n) is 4.54. The summed E-state index contributed by atoms with van der Waals surface area (Å²) in [5, 5.41) is 10.3. The second-order valence-corrected chi connectivity index (χ2v) is 10.4. The molecule has 0 bridgehead atoms. The van der Waals surface area contributed by atoms with E-state index in [0.717, 1.165) is 35.6 Å². The van der Waals surface area contributed by atoms with Gasteiger partial charge in [-0.2, -0.15) is 0 Å². The number of hydrogen-bond acceptors (Lipinski definition) is 3. The molecule has 0 saturated heterocycles. The number of sulfonamides is 1. The molecule has 162 valence electrons. The molecule has 1 aliphatic carbocycles. The molecular formula is C23H30N2O4S. The Hall–Kier alpha value is -2.38. The Bertz CT molecular complexity index is 968. The largest absolute Gasteiger partial charge is 0.465 e. The normalized spacial score (nSPS) is 17.5. The Morgan fingerprint density at radius 1 is 0.967 bits per heavy atom. The zero-order chi connectivity index (χ0) is 21.9. The number of rotatable bonds is 6. The lowest BCUT2D eigenvalue weighted by Gasteiger charge is -2.47. The maximum absolute atomic E-state index is 12.6. The van der Waals surface area contributed by atoms with Crippen LogP contribution in [0, 0.1) is 5.92 Å². The first-order chi connectivity index (χ1) is 14.2. The summed E-state index contributed by atoms with van der Waals surface area (Å²) in [6, 6.07) is 15.9. The summed E-state index contributed by atoms with van der Waals surface area (Å²) in [6.07, 6.45) is 4.21. The Balaban J connectivity index is 2.11. The van der Waals surface area contributed by atoms with Gasteiger partial charge in [0.1, 0.15) is 0 Å². The first-order valence-electron chi connectivity index (χ1n) is 10.3. The summed E-state index contributed by atoms with van der Waals surface area (Å²) in [5.74, 6) is 0.176. The van der Waals surface area contributed by atoms with Gasteiger partial charge in [-0.3, -0.25) is 4.90 Å². The maximum atomic E-state index is 12.6. The molecular weight excluding hydrogens is 400 g/mol. The SMILES string of the molecule is CN(C)S(=O)(=O)c1ccc(N(C(=O)O)C(C)(c2ccccc2)C2CCCCC2)cc1. The van der Waals surface area contributed by atoms with Crippen LogP contribution in [0.4, 0.5) is 10.5 Å². The van der Waals surface area contributed by atoms with Crippen molar-refractivity contribution in [1.29, 1.82) is 0 Å². The predicted molar refractivity (Wildman–Crippen MR) is 118 cm³/mol. The van der Waals surface area contributed by atoms with Crippen LogP contribution in [-0.4, -0.2) is 38.0 Å². The molecule has 0 aliphatic heterocycles. The summed E-state index contributed by atoms with van der Waals surface area (Å²) < 4.78 is 26.0. The van der Waals surface area contributed by atoms with E-state index in [-0.39, 0.29) is 10.8 Å². The summed E-state index contributed by atoms with van der Waals surface area (Å²) >= 11 is 0. The monoisotopic (exact) mass is 430 g/mol. The lowest BCUT2D eigenvalue weighted by Crippen LogP contribution is -2.52. The van der Waals surface area contributed by atoms with E-state index in [2.05, 4.69) is 0 Å². The number of benzene rings is 2. The van der Waals surface area contributed by atoms with Crippen LogP contribution in [0.2, 0.25) is 0 Å². The molecule has 1 saturated carbocycles. The van der Waals surface area contributed by atoms with E-state index in [4.69, 9.17) is 0 Å². The van der Waals surface area contributed by atoms with Crippen molar-refractivity contribution < 1.29 is 18.3 Å². The fraction of sp³-hybridized carbons (Fsp3) is 0.435. The van der Waals surface area contributed by atoms with Crippen molar-refractivity contribution in [3.05, 3.63) is 60.2 Å². The van der Waals surface area contributed by atoms with Crippen LogP contribution < -0.4 is 4.90 Å². The molecule has 0 heterocycles. The number of nitrogens with zero attached hydrogens (tertiary/aromatic N) is 2. The highest BCUT2D eigenvalue weighted by atomic mass is 32.2. The number of hydrogen-bond donors (Lipinski definition) is 1. The topological polar surface area (TPSA) is 77.9 Å². The molecule has 0 radical (unpaired) electrons. The van der Waals surface area contributed by atoms with Crippen LogP contribution in [-0.2, 0) is 15.6 Å². The minimum atomic E-state index is -3.58. The summed E-state index contributed by atoms with van der Waals surface area (Å²) in [5.41, 5.74) is 0.663. The van der Waals surface area contributed by atoms with Crippen molar-refractivity contribution in [3.8, 4) is 0 Å². The fourth-order valence-corrected chi connectivity index (χ4v) is 5.44. The Morgan fingerprint density at radius 2 is 1.53 bits per heavy atom. The van der Waals surface area contributed by atoms with Crippen LogP contribution in [0.25, 0.3) is 0 Å². The van der Waals surface area contributed by atoms with Crippen LogP contribution in [0.15, 0.2) is 59.5 Å². The van der Waals surface area contributed by atoms with Crippen molar-refractivity contribution in [3.63, 3.8) is 0 Å². The second kappa shape index (κ2) is 8.78. The smallest absolute Gasteiger partial charge is 0.412 e. The van der Waals surface area contributed by atoms with Crippen LogP contribution in [0.5, 0.6) is 0 Å². The van der Waals surface area contributed by atoms with E-state index < -0.39 is 21.7 Å². The second-order valence-electron chi connectivity index (χ2n) is 8.25. The molecule has 0 spiro atoms. The minimum Gasteiger partial charge on any atom is -0.465 e. The van der Waals surface area contributed by atoms with E-state index in [9.17, 15) is 18.3 Å². The highest BCUT2D eigenvalue weighted by molar-refractivity contribution is 7.89. The number of amides is 1. The molecule has 1 fully saturated rings. The van der Waals surface area contributed by atoms with Gasteiger partial charge in [-0.05, 0) is 55.5 Å². The zero-order valence-electron chi connectivity index (χ0n) is 17.8. The van der Waals surface area contributed by atoms with Gasteiger partial charge in [-0.15, -0.1) is 0 Å². The lowest BCUT2D eigenvalue weighted by atomic mass is 9.71. The van der Waals surface area contributed by atoms with Gasteiger partial charge in [0.25, 0.3) is 0 Å². The average Bonchev–Trinajstić information content (AvgIpc) is 2.75. The number of carboxylic acid groups (broad SMARTS) is 1. The van der Waals surface area contributed by atoms with E-state index in [1.165, 1.54) is 37.5 Å². The van der Waals surface area contributed by atoms with Gasteiger partial charge in [-0.25, -0.2) is 17.5 Å². The van der Waals surface area contributed by atoms with Crippen LogP contribution in [0.3, 0.4) is 0 Å². The summed E-state index contributed by atoms with van der Waals surface area (Å²) in [4.78, 5) is 14.1. The molecule has 1 unspecified atom stereocenters. The molecule has 7 heteroatoms. The van der Waals surface area contributed by atoms with Crippen molar-refractivity contribution in [2.45, 2.75) is 49.5 Å². The third-order valence-electron chi connectivity index (χ3n) is 6.29. The number of anilines is 1. The molecule has 2 aromatic rings. The van der Waals surface area contributed by atoms with E-state index in [0.29, 0.717) is 5.69 Å². The van der Waals surface area contributed by atoms with Gasteiger partial charge in [0, 0.05) is 19.8 Å². The first kappa shape index (κ1) is 22.3. The molecule has 1 N–H and O–H groups in total. The minimum absolute atomic E-state index is 0.140. The number of carbonyl (C=O) groups is 1. The van der Waals surface area contributed by atoms with Gasteiger partial charge in [0.15, 0.2) is 0 Å². The van der Waals surface area contributed by atoms with Crippen LogP contribution >= 0.6 is 0 Å². The molecule has 2 aromatic carbocycles. The molecule has 30 heavy (non-hydrogen) atoms. The lowest BCUT2D eigenvalue weighted by molar-refractivity contribution is 0.167. The molecule has 1 aliphatic rings. The van der Waals surface area contributed by atoms with Crippen molar-refractivity contribution in [2.75, 3.05) is 19.0 Å². The molecule has 6 nitrogen and oxygen atoms in total. The van der Waals surface area contributed by atoms with Gasteiger partial charge < -0.3 is 5.11 Å². The third-order valence-corrected chi connectivity index (χ3v) is 8.12. The van der Waals surface area contributed by atoms with Gasteiger partial charge >= 0.3 is 6.09 Å². The van der Waals surface area contributed by atoms with Gasteiger partial charge in [-0.1, -0.05) is 49.6 Å². The predicted octanol–water partition coefficient (Wildman–Crippen LogP) is 4.92. The average molecular weight is 431 g/mol. The highest BCUT2D eigenvalue weighted by Crippen LogP contribution is 2.45. The molecule has 1 amide bonds. The Kier molecular flexibility index (Phi) is 6.53. The van der Waals surface area contributed by atoms with Crippen molar-refractivity contribution in [2.24, 2.45) is 5.92 Å². The van der Waals surface area contributed by atoms with Gasteiger partial charge in [0.2, 0.25) is 10.0 Å². The molecule has 1 atom stereocenters. The summed E-state index contributed by atoms with van der Waals surface area (Å²) in [7, 11) is -0.631. The maximum Gasteiger partial charge on any atom is 0.412 e.